The van der Waals surface area contributed by atoms with Crippen LogP contribution in [0.1, 0.15) is 50.2 Å². The van der Waals surface area contributed by atoms with E-state index in [4.69, 9.17) is 11.6 Å². The van der Waals surface area contributed by atoms with Gasteiger partial charge in [-0.2, -0.15) is 0 Å². The molecule has 1 nitrogen and oxygen atoms in total. The van der Waals surface area contributed by atoms with Crippen LogP contribution in [0.25, 0.3) is 0 Å². The van der Waals surface area contributed by atoms with Crippen molar-refractivity contribution in [3.8, 4) is 0 Å². The molecule has 1 unspecified atom stereocenters. The molecule has 1 aromatic rings. The zero-order valence-electron chi connectivity index (χ0n) is 12.3. The van der Waals surface area contributed by atoms with Gasteiger partial charge in [-0.15, -0.1) is 11.6 Å². The summed E-state index contributed by atoms with van der Waals surface area (Å²) in [5.74, 6) is 1.56. The van der Waals surface area contributed by atoms with Crippen LogP contribution in [0.5, 0.6) is 0 Å². The number of alkyl halides is 1. The number of benzene rings is 1. The van der Waals surface area contributed by atoms with Crippen molar-refractivity contribution in [1.82, 2.24) is 0 Å². The van der Waals surface area contributed by atoms with Crippen LogP contribution in [0, 0.1) is 12.8 Å². The molecule has 0 saturated carbocycles. The number of halogens is 1. The van der Waals surface area contributed by atoms with Crippen molar-refractivity contribution in [3.63, 3.8) is 0 Å². The first kappa shape index (κ1) is 14.7. The Morgan fingerprint density at radius 3 is 2.79 bits per heavy atom. The van der Waals surface area contributed by atoms with Crippen molar-refractivity contribution >= 4 is 17.3 Å². The molecule has 2 heteroatoms. The van der Waals surface area contributed by atoms with E-state index < -0.39 is 0 Å². The van der Waals surface area contributed by atoms with Crippen molar-refractivity contribution in [2.45, 2.75) is 51.8 Å². The van der Waals surface area contributed by atoms with Crippen LogP contribution in [-0.2, 0) is 5.88 Å². The number of anilines is 1. The van der Waals surface area contributed by atoms with Gasteiger partial charge >= 0.3 is 0 Å². The van der Waals surface area contributed by atoms with Crippen LogP contribution in [-0.4, -0.2) is 13.1 Å². The first-order valence-electron chi connectivity index (χ1n) is 7.65. The summed E-state index contributed by atoms with van der Waals surface area (Å²) in [5, 5.41) is 0. The molecule has 1 fully saturated rings. The van der Waals surface area contributed by atoms with E-state index in [1.807, 2.05) is 0 Å². The van der Waals surface area contributed by atoms with Crippen LogP contribution in [0.15, 0.2) is 18.2 Å². The molecule has 1 atom stereocenters. The maximum atomic E-state index is 5.94. The van der Waals surface area contributed by atoms with Gasteiger partial charge in [-0.25, -0.2) is 0 Å². The third kappa shape index (κ3) is 3.89. The highest BCUT2D eigenvalue weighted by molar-refractivity contribution is 6.17. The average Bonchev–Trinajstić information content (AvgIpc) is 2.65. The molecule has 1 saturated heterocycles. The van der Waals surface area contributed by atoms with Gasteiger partial charge in [-0.3, -0.25) is 0 Å². The fourth-order valence-corrected chi connectivity index (χ4v) is 3.45. The summed E-state index contributed by atoms with van der Waals surface area (Å²) in [5.41, 5.74) is 3.95. The van der Waals surface area contributed by atoms with Crippen molar-refractivity contribution < 1.29 is 0 Å². The Bertz CT molecular complexity index is 402. The average molecular weight is 280 g/mol. The van der Waals surface area contributed by atoms with Gasteiger partial charge in [0.2, 0.25) is 0 Å². The lowest BCUT2D eigenvalue weighted by Crippen LogP contribution is -2.24. The third-order valence-corrected chi connectivity index (χ3v) is 4.67. The second-order valence-corrected chi connectivity index (χ2v) is 6.08. The Balaban J connectivity index is 2.03. The summed E-state index contributed by atoms with van der Waals surface area (Å²) in [4.78, 5) is 2.56. The SMILES string of the molecule is CCCC1CCCN(c2ccc(CCl)c(C)c2)CC1. The molecule has 0 aliphatic carbocycles. The van der Waals surface area contributed by atoms with E-state index in [9.17, 15) is 0 Å². The Hall–Kier alpha value is -0.690. The van der Waals surface area contributed by atoms with Crippen molar-refractivity contribution in [3.05, 3.63) is 29.3 Å². The number of rotatable bonds is 4. The minimum atomic E-state index is 0.616. The number of aryl methyl sites for hydroxylation is 1. The van der Waals surface area contributed by atoms with E-state index in [2.05, 4.69) is 36.9 Å². The fraction of sp³-hybridized carbons (Fsp3) is 0.647. The molecule has 1 aliphatic heterocycles. The van der Waals surface area contributed by atoms with Gasteiger partial charge in [0.15, 0.2) is 0 Å². The lowest BCUT2D eigenvalue weighted by Gasteiger charge is -2.24. The van der Waals surface area contributed by atoms with Crippen molar-refractivity contribution in [1.29, 1.82) is 0 Å². The number of hydrogen-bond donors (Lipinski definition) is 0. The molecule has 1 aliphatic rings. The first-order valence-corrected chi connectivity index (χ1v) is 8.18. The zero-order valence-corrected chi connectivity index (χ0v) is 13.0. The quantitative estimate of drug-likeness (QED) is 0.690. The van der Waals surface area contributed by atoms with Crippen LogP contribution < -0.4 is 4.90 Å². The highest BCUT2D eigenvalue weighted by atomic mass is 35.5. The Labute approximate surface area is 123 Å². The lowest BCUT2D eigenvalue weighted by atomic mass is 9.96. The summed E-state index contributed by atoms with van der Waals surface area (Å²) in [6.07, 6.45) is 6.82. The zero-order chi connectivity index (χ0) is 13.7. The summed E-state index contributed by atoms with van der Waals surface area (Å²) >= 11 is 5.94. The third-order valence-electron chi connectivity index (χ3n) is 4.38. The molecule has 0 radical (unpaired) electrons. The molecular formula is C17H26ClN. The minimum Gasteiger partial charge on any atom is -0.372 e. The maximum absolute atomic E-state index is 5.94. The predicted molar refractivity (Wildman–Crippen MR) is 85.2 cm³/mol. The largest absolute Gasteiger partial charge is 0.372 e. The minimum absolute atomic E-state index is 0.616. The smallest absolute Gasteiger partial charge is 0.0476 e. The molecule has 1 heterocycles. The molecule has 0 bridgehead atoms. The van der Waals surface area contributed by atoms with E-state index >= 15 is 0 Å². The van der Waals surface area contributed by atoms with Gasteiger partial charge in [0, 0.05) is 24.7 Å². The normalized spacial score (nSPS) is 20.4. The van der Waals surface area contributed by atoms with E-state index in [1.54, 1.807) is 0 Å². The van der Waals surface area contributed by atoms with Crippen LogP contribution in [0.3, 0.4) is 0 Å². The van der Waals surface area contributed by atoms with E-state index in [-0.39, 0.29) is 0 Å². The Kier molecular flexibility index (Phi) is 5.57. The summed E-state index contributed by atoms with van der Waals surface area (Å²) in [6, 6.07) is 6.73. The summed E-state index contributed by atoms with van der Waals surface area (Å²) < 4.78 is 0. The number of hydrogen-bond acceptors (Lipinski definition) is 1. The van der Waals surface area contributed by atoms with Crippen LogP contribution in [0.2, 0.25) is 0 Å². The highest BCUT2D eigenvalue weighted by Gasteiger charge is 2.16. The second-order valence-electron chi connectivity index (χ2n) is 5.82. The van der Waals surface area contributed by atoms with Crippen LogP contribution >= 0.6 is 11.6 Å². The standard InChI is InChI=1S/C17H26ClN/c1-3-5-15-6-4-10-19(11-9-15)17-8-7-16(13-18)14(2)12-17/h7-8,12,15H,3-6,9-11,13H2,1-2H3. The molecule has 0 aromatic heterocycles. The summed E-state index contributed by atoms with van der Waals surface area (Å²) in [7, 11) is 0. The van der Waals surface area contributed by atoms with Gasteiger partial charge < -0.3 is 4.90 Å². The molecule has 0 spiro atoms. The van der Waals surface area contributed by atoms with Crippen LogP contribution in [0.4, 0.5) is 5.69 Å². The van der Waals surface area contributed by atoms with E-state index in [0.717, 1.165) is 5.92 Å². The number of nitrogens with zero attached hydrogens (tertiary/aromatic N) is 1. The monoisotopic (exact) mass is 279 g/mol. The lowest BCUT2D eigenvalue weighted by molar-refractivity contribution is 0.435. The Morgan fingerprint density at radius 2 is 2.11 bits per heavy atom. The maximum Gasteiger partial charge on any atom is 0.0476 e. The molecule has 1 aromatic carbocycles. The summed E-state index contributed by atoms with van der Waals surface area (Å²) in [6.45, 7) is 6.89. The first-order chi connectivity index (χ1) is 9.24. The predicted octanol–water partition coefficient (Wildman–Crippen LogP) is 5.14. The van der Waals surface area contributed by atoms with E-state index in [0.29, 0.717) is 5.88 Å². The van der Waals surface area contributed by atoms with Gasteiger partial charge in [0.05, 0.1) is 0 Å². The highest BCUT2D eigenvalue weighted by Crippen LogP contribution is 2.27. The molecule has 0 amide bonds. The molecule has 19 heavy (non-hydrogen) atoms. The van der Waals surface area contributed by atoms with Crippen molar-refractivity contribution in [2.75, 3.05) is 18.0 Å². The van der Waals surface area contributed by atoms with E-state index in [1.165, 1.54) is 62.0 Å². The van der Waals surface area contributed by atoms with Crippen molar-refractivity contribution in [2.24, 2.45) is 5.92 Å². The Morgan fingerprint density at radius 1 is 1.26 bits per heavy atom. The second kappa shape index (κ2) is 7.19. The topological polar surface area (TPSA) is 3.24 Å². The molecule has 2 rings (SSSR count). The molecule has 0 N–H and O–H groups in total. The fourth-order valence-electron chi connectivity index (χ4n) is 3.15. The van der Waals surface area contributed by atoms with Gasteiger partial charge in [0.1, 0.15) is 0 Å². The molecule has 106 valence electrons. The van der Waals surface area contributed by atoms with Gasteiger partial charge in [-0.1, -0.05) is 25.8 Å². The molecular weight excluding hydrogens is 254 g/mol. The van der Waals surface area contributed by atoms with Gasteiger partial charge in [-0.05, 0) is 55.4 Å². The van der Waals surface area contributed by atoms with Gasteiger partial charge in [0.25, 0.3) is 0 Å².